The first-order chi connectivity index (χ1) is 6.67. The molecule has 0 saturated carbocycles. The summed E-state index contributed by atoms with van der Waals surface area (Å²) in [5.41, 5.74) is 0. The van der Waals surface area contributed by atoms with E-state index in [9.17, 15) is 9.59 Å². The zero-order valence-electron chi connectivity index (χ0n) is 9.54. The summed E-state index contributed by atoms with van der Waals surface area (Å²) in [5, 5.41) is 0. The number of esters is 2. The van der Waals surface area contributed by atoms with E-state index >= 15 is 0 Å². The molecule has 0 aliphatic rings. The molecule has 0 radical (unpaired) electrons. The molecule has 0 aromatic rings. The van der Waals surface area contributed by atoms with Gasteiger partial charge in [0.1, 0.15) is 0 Å². The molecule has 0 atom stereocenters. The van der Waals surface area contributed by atoms with Crippen molar-refractivity contribution in [2.75, 3.05) is 13.2 Å². The van der Waals surface area contributed by atoms with E-state index in [0.29, 0.717) is 0 Å². The van der Waals surface area contributed by atoms with E-state index in [1.165, 1.54) is 6.08 Å². The van der Waals surface area contributed by atoms with Crippen LogP contribution in [0.1, 0.15) is 20.3 Å². The first kappa shape index (κ1) is 17.0. The molecule has 0 heterocycles. The van der Waals surface area contributed by atoms with Crippen molar-refractivity contribution in [3.8, 4) is 0 Å². The zero-order chi connectivity index (χ0) is 11.0. The molecule has 15 heavy (non-hydrogen) atoms. The summed E-state index contributed by atoms with van der Waals surface area (Å²) in [7, 11) is 0. The molecule has 0 rings (SSSR count). The number of carbonyl (C=O) groups is 2. The Morgan fingerprint density at radius 2 is 1.60 bits per heavy atom. The van der Waals surface area contributed by atoms with Crippen LogP contribution in [0, 0.1) is 5.92 Å². The van der Waals surface area contributed by atoms with Gasteiger partial charge in [-0.2, -0.15) is 5.92 Å². The Labute approximate surface area is 112 Å². The number of hydrogen-bond donors (Lipinski definition) is 0. The smallest absolute Gasteiger partial charge is 0.488 e. The molecule has 0 unspecified atom stereocenters. The maximum atomic E-state index is 11.2. The molecule has 0 aromatic carbocycles. The van der Waals surface area contributed by atoms with E-state index in [-0.39, 0.29) is 55.1 Å². The van der Waals surface area contributed by atoms with Crippen molar-refractivity contribution in [3.05, 3.63) is 18.6 Å². The van der Waals surface area contributed by atoms with Gasteiger partial charge in [-0.05, 0) is 13.8 Å². The van der Waals surface area contributed by atoms with Gasteiger partial charge in [0, 0.05) is 0 Å². The summed E-state index contributed by atoms with van der Waals surface area (Å²) >= 11 is 0. The van der Waals surface area contributed by atoms with Gasteiger partial charge in [0.15, 0.2) is 11.9 Å². The average Bonchev–Trinajstić information content (AvgIpc) is 2.14. The summed E-state index contributed by atoms with van der Waals surface area (Å²) in [5.74, 6) is -1.28. The Hall–Kier alpha value is -0.450. The fraction of sp³-hybridized carbons (Fsp3) is 0.500. The SMILES string of the molecule is C=CC[C-](C(=O)OCC)C(=O)OCC.[Na+]. The molecule has 80 valence electrons. The van der Waals surface area contributed by atoms with Gasteiger partial charge < -0.3 is 9.47 Å². The predicted molar refractivity (Wildman–Crippen MR) is 51.3 cm³/mol. The first-order valence-corrected chi connectivity index (χ1v) is 4.48. The molecule has 5 heteroatoms. The van der Waals surface area contributed by atoms with Crippen LogP contribution >= 0.6 is 0 Å². The number of hydrogen-bond acceptors (Lipinski definition) is 4. The minimum Gasteiger partial charge on any atom is -0.488 e. The predicted octanol–water partition coefficient (Wildman–Crippen LogP) is -1.73. The summed E-state index contributed by atoms with van der Waals surface area (Å²) in [6.07, 6.45) is 1.63. The summed E-state index contributed by atoms with van der Waals surface area (Å²) in [6.45, 7) is 7.27. The third-order valence-electron chi connectivity index (χ3n) is 1.39. The molecule has 0 fully saturated rings. The zero-order valence-corrected chi connectivity index (χ0v) is 11.5. The normalized spacial score (nSPS) is 8.40. The second-order valence-corrected chi connectivity index (χ2v) is 2.41. The van der Waals surface area contributed by atoms with E-state index < -0.39 is 11.9 Å². The van der Waals surface area contributed by atoms with Gasteiger partial charge in [0.2, 0.25) is 0 Å². The van der Waals surface area contributed by atoms with Crippen molar-refractivity contribution in [2.45, 2.75) is 20.3 Å². The van der Waals surface area contributed by atoms with E-state index in [4.69, 9.17) is 9.47 Å². The monoisotopic (exact) mass is 222 g/mol. The van der Waals surface area contributed by atoms with Crippen molar-refractivity contribution in [3.63, 3.8) is 0 Å². The standard InChI is InChI=1S/C10H15O4.Na/c1-4-7-8(9(11)13-5-2)10(12)14-6-3;/h4H,1,5-7H2,2-3H3;/q-1;+1. The van der Waals surface area contributed by atoms with Crippen LogP contribution in [-0.4, -0.2) is 25.2 Å². The quantitative estimate of drug-likeness (QED) is 0.176. The Morgan fingerprint density at radius 1 is 1.20 bits per heavy atom. The van der Waals surface area contributed by atoms with Crippen LogP contribution in [0.2, 0.25) is 0 Å². The van der Waals surface area contributed by atoms with Gasteiger partial charge in [0.25, 0.3) is 0 Å². The largest absolute Gasteiger partial charge is 1.00 e. The molecule has 0 amide bonds. The van der Waals surface area contributed by atoms with Gasteiger partial charge in [0.05, 0.1) is 13.2 Å². The van der Waals surface area contributed by atoms with Crippen LogP contribution in [0.5, 0.6) is 0 Å². The van der Waals surface area contributed by atoms with E-state index in [1.54, 1.807) is 13.8 Å². The molecular formula is C10H15NaO4. The van der Waals surface area contributed by atoms with Gasteiger partial charge >= 0.3 is 29.6 Å². The van der Waals surface area contributed by atoms with Gasteiger partial charge in [-0.15, -0.1) is 19.1 Å². The van der Waals surface area contributed by atoms with Crippen LogP contribution in [-0.2, 0) is 19.1 Å². The second kappa shape index (κ2) is 10.1. The van der Waals surface area contributed by atoms with Crippen LogP contribution < -0.4 is 29.6 Å². The van der Waals surface area contributed by atoms with Crippen molar-refractivity contribution < 1.29 is 48.6 Å². The third kappa shape index (κ3) is 6.60. The second-order valence-electron chi connectivity index (χ2n) is 2.41. The van der Waals surface area contributed by atoms with Crippen molar-refractivity contribution in [1.29, 1.82) is 0 Å². The Morgan fingerprint density at radius 3 is 1.87 bits per heavy atom. The Bertz CT molecular complexity index is 197. The van der Waals surface area contributed by atoms with Gasteiger partial charge in [-0.3, -0.25) is 9.59 Å². The van der Waals surface area contributed by atoms with E-state index in [0.717, 1.165) is 0 Å². The minimum atomic E-state index is -0.633. The minimum absolute atomic E-state index is 0. The van der Waals surface area contributed by atoms with Crippen LogP contribution in [0.3, 0.4) is 0 Å². The maximum Gasteiger partial charge on any atom is 1.00 e. The van der Waals surface area contributed by atoms with Crippen LogP contribution in [0.15, 0.2) is 12.7 Å². The van der Waals surface area contributed by atoms with E-state index in [2.05, 4.69) is 6.58 Å². The summed E-state index contributed by atoms with van der Waals surface area (Å²) < 4.78 is 9.40. The number of allylic oxidation sites excluding steroid dienone is 1. The van der Waals surface area contributed by atoms with Crippen molar-refractivity contribution in [1.82, 2.24) is 0 Å². The molecule has 0 N–H and O–H groups in total. The molecular weight excluding hydrogens is 207 g/mol. The fourth-order valence-corrected chi connectivity index (χ4v) is 0.831. The number of ether oxygens (including phenoxy) is 2. The maximum absolute atomic E-state index is 11.2. The fourth-order valence-electron chi connectivity index (χ4n) is 0.831. The van der Waals surface area contributed by atoms with Gasteiger partial charge in [-0.25, -0.2) is 0 Å². The Balaban J connectivity index is 0. The summed E-state index contributed by atoms with van der Waals surface area (Å²) in [4.78, 5) is 22.5. The van der Waals surface area contributed by atoms with Gasteiger partial charge in [-0.1, -0.05) is 0 Å². The number of carbonyl (C=O) groups excluding carboxylic acids is 2. The molecule has 0 saturated heterocycles. The molecule has 0 aliphatic carbocycles. The van der Waals surface area contributed by atoms with Crippen LogP contribution in [0.25, 0.3) is 0 Å². The summed E-state index contributed by atoms with van der Waals surface area (Å²) in [6, 6.07) is 0. The third-order valence-corrected chi connectivity index (χ3v) is 1.39. The first-order valence-electron chi connectivity index (χ1n) is 4.48. The van der Waals surface area contributed by atoms with Crippen molar-refractivity contribution >= 4 is 11.9 Å². The average molecular weight is 222 g/mol. The van der Waals surface area contributed by atoms with Crippen molar-refractivity contribution in [2.24, 2.45) is 0 Å². The Kier molecular flexibility index (Phi) is 11.4. The molecule has 0 bridgehead atoms. The van der Waals surface area contributed by atoms with Crippen LogP contribution in [0.4, 0.5) is 0 Å². The molecule has 4 nitrogen and oxygen atoms in total. The number of rotatable bonds is 6. The topological polar surface area (TPSA) is 52.6 Å². The molecule has 0 aliphatic heterocycles. The van der Waals surface area contributed by atoms with E-state index in [1.807, 2.05) is 0 Å². The molecule has 0 spiro atoms. The molecule has 0 aromatic heterocycles.